The van der Waals surface area contributed by atoms with E-state index < -0.39 is 0 Å². The van der Waals surface area contributed by atoms with Gasteiger partial charge in [-0.3, -0.25) is 0 Å². The van der Waals surface area contributed by atoms with Gasteiger partial charge in [-0.1, -0.05) is 32.9 Å². The van der Waals surface area contributed by atoms with E-state index in [1.807, 2.05) is 6.20 Å². The molecule has 3 rings (SSSR count). The summed E-state index contributed by atoms with van der Waals surface area (Å²) in [6.07, 6.45) is 1.93. The number of nitrogens with one attached hydrogen (secondary N) is 1. The number of piperazine rings is 1. The summed E-state index contributed by atoms with van der Waals surface area (Å²) in [6, 6.07) is 8.89. The van der Waals surface area contributed by atoms with Gasteiger partial charge in [0.15, 0.2) is 0 Å². The number of aromatic nitrogens is 1. The average molecular weight is 269 g/mol. The van der Waals surface area contributed by atoms with Gasteiger partial charge >= 0.3 is 0 Å². The Kier molecular flexibility index (Phi) is 3.38. The van der Waals surface area contributed by atoms with Gasteiger partial charge in [-0.25, -0.2) is 4.98 Å². The van der Waals surface area contributed by atoms with Crippen LogP contribution in [0.4, 0.5) is 5.82 Å². The lowest BCUT2D eigenvalue weighted by molar-refractivity contribution is 0.585. The summed E-state index contributed by atoms with van der Waals surface area (Å²) in [6.45, 7) is 10.9. The molecule has 0 spiro atoms. The second kappa shape index (κ2) is 5.06. The fourth-order valence-electron chi connectivity index (χ4n) is 2.75. The SMILES string of the molecule is CC(C)(C)c1ccc2ccnc(N3CCNCC3)c2c1. The second-order valence-electron chi connectivity index (χ2n) is 6.56. The molecule has 0 unspecified atom stereocenters. The molecule has 106 valence electrons. The molecule has 0 amide bonds. The fraction of sp³-hybridized carbons (Fsp3) is 0.471. The van der Waals surface area contributed by atoms with Crippen molar-refractivity contribution in [3.63, 3.8) is 0 Å². The summed E-state index contributed by atoms with van der Waals surface area (Å²) in [5.74, 6) is 1.13. The maximum absolute atomic E-state index is 4.65. The van der Waals surface area contributed by atoms with E-state index in [9.17, 15) is 0 Å². The van der Waals surface area contributed by atoms with Crippen molar-refractivity contribution in [1.82, 2.24) is 10.3 Å². The van der Waals surface area contributed by atoms with Crippen LogP contribution >= 0.6 is 0 Å². The highest BCUT2D eigenvalue weighted by atomic mass is 15.2. The first kappa shape index (κ1) is 13.4. The predicted molar refractivity (Wildman–Crippen MR) is 85.5 cm³/mol. The molecule has 0 atom stereocenters. The summed E-state index contributed by atoms with van der Waals surface area (Å²) in [5.41, 5.74) is 1.54. The zero-order valence-electron chi connectivity index (χ0n) is 12.6. The molecule has 1 aliphatic rings. The molecule has 1 saturated heterocycles. The second-order valence-corrected chi connectivity index (χ2v) is 6.56. The Balaban J connectivity index is 2.11. The molecule has 1 aromatic carbocycles. The van der Waals surface area contributed by atoms with Crippen LogP contribution in [-0.4, -0.2) is 31.2 Å². The van der Waals surface area contributed by atoms with E-state index in [4.69, 9.17) is 0 Å². The van der Waals surface area contributed by atoms with Crippen molar-refractivity contribution in [2.45, 2.75) is 26.2 Å². The summed E-state index contributed by atoms with van der Waals surface area (Å²) >= 11 is 0. The number of hydrogen-bond acceptors (Lipinski definition) is 3. The molecule has 0 aliphatic carbocycles. The zero-order chi connectivity index (χ0) is 14.2. The molecule has 20 heavy (non-hydrogen) atoms. The number of hydrogen-bond donors (Lipinski definition) is 1. The van der Waals surface area contributed by atoms with Gasteiger partial charge in [0.2, 0.25) is 0 Å². The third kappa shape index (κ3) is 2.50. The van der Waals surface area contributed by atoms with Crippen molar-refractivity contribution in [1.29, 1.82) is 0 Å². The molecule has 0 saturated carbocycles. The molecule has 0 bridgehead atoms. The maximum atomic E-state index is 4.65. The van der Waals surface area contributed by atoms with Crippen LogP contribution in [-0.2, 0) is 5.41 Å². The zero-order valence-corrected chi connectivity index (χ0v) is 12.6. The molecule has 3 nitrogen and oxygen atoms in total. The summed E-state index contributed by atoms with van der Waals surface area (Å²) in [4.78, 5) is 7.05. The van der Waals surface area contributed by atoms with Crippen molar-refractivity contribution in [3.05, 3.63) is 36.0 Å². The van der Waals surface area contributed by atoms with Gasteiger partial charge in [-0.2, -0.15) is 0 Å². The van der Waals surface area contributed by atoms with Crippen molar-refractivity contribution < 1.29 is 0 Å². The standard InChI is InChI=1S/C17H23N3/c1-17(2,3)14-5-4-13-6-7-19-16(15(13)12-14)20-10-8-18-9-11-20/h4-7,12,18H,8-11H2,1-3H3. The van der Waals surface area contributed by atoms with Crippen LogP contribution in [0, 0.1) is 0 Å². The van der Waals surface area contributed by atoms with E-state index in [1.54, 1.807) is 0 Å². The van der Waals surface area contributed by atoms with E-state index in [0.717, 1.165) is 32.0 Å². The number of benzene rings is 1. The number of rotatable bonds is 1. The van der Waals surface area contributed by atoms with E-state index in [1.165, 1.54) is 16.3 Å². The monoisotopic (exact) mass is 269 g/mol. The van der Waals surface area contributed by atoms with Gasteiger partial charge < -0.3 is 10.2 Å². The van der Waals surface area contributed by atoms with Crippen LogP contribution in [0.3, 0.4) is 0 Å². The van der Waals surface area contributed by atoms with Gasteiger partial charge in [0.25, 0.3) is 0 Å². The summed E-state index contributed by atoms with van der Waals surface area (Å²) < 4.78 is 0. The molecular formula is C17H23N3. The van der Waals surface area contributed by atoms with Crippen LogP contribution in [0.1, 0.15) is 26.3 Å². The molecule has 2 aromatic rings. The van der Waals surface area contributed by atoms with Crippen LogP contribution in [0.2, 0.25) is 0 Å². The molecule has 3 heteroatoms. The number of nitrogens with zero attached hydrogens (tertiary/aromatic N) is 2. The topological polar surface area (TPSA) is 28.2 Å². The van der Waals surface area contributed by atoms with Gasteiger partial charge in [-0.15, -0.1) is 0 Å². The Morgan fingerprint density at radius 2 is 1.85 bits per heavy atom. The Labute approximate surface area is 121 Å². The van der Waals surface area contributed by atoms with E-state index in [-0.39, 0.29) is 5.41 Å². The minimum Gasteiger partial charge on any atom is -0.354 e. The first-order valence-electron chi connectivity index (χ1n) is 7.41. The van der Waals surface area contributed by atoms with Crippen molar-refractivity contribution in [2.75, 3.05) is 31.1 Å². The Morgan fingerprint density at radius 3 is 2.55 bits per heavy atom. The smallest absolute Gasteiger partial charge is 0.136 e. The lowest BCUT2D eigenvalue weighted by Crippen LogP contribution is -2.44. The molecule has 1 N–H and O–H groups in total. The van der Waals surface area contributed by atoms with Gasteiger partial charge in [0.05, 0.1) is 0 Å². The third-order valence-corrected chi connectivity index (χ3v) is 4.03. The fourth-order valence-corrected chi connectivity index (χ4v) is 2.75. The Hall–Kier alpha value is -1.61. The van der Waals surface area contributed by atoms with Gasteiger partial charge in [0, 0.05) is 37.8 Å². The predicted octanol–water partition coefficient (Wildman–Crippen LogP) is 2.94. The van der Waals surface area contributed by atoms with E-state index in [0.29, 0.717) is 0 Å². The van der Waals surface area contributed by atoms with Crippen molar-refractivity contribution in [2.24, 2.45) is 0 Å². The Bertz CT molecular complexity index is 607. The maximum Gasteiger partial charge on any atom is 0.136 e. The largest absolute Gasteiger partial charge is 0.354 e. The molecule has 0 radical (unpaired) electrons. The van der Waals surface area contributed by atoms with Gasteiger partial charge in [-0.05, 0) is 28.5 Å². The highest BCUT2D eigenvalue weighted by Gasteiger charge is 2.18. The molecule has 1 fully saturated rings. The third-order valence-electron chi connectivity index (χ3n) is 4.03. The first-order chi connectivity index (χ1) is 9.55. The number of anilines is 1. The lowest BCUT2D eigenvalue weighted by atomic mass is 9.86. The minimum absolute atomic E-state index is 0.171. The lowest BCUT2D eigenvalue weighted by Gasteiger charge is -2.29. The quantitative estimate of drug-likeness (QED) is 0.862. The molecule has 2 heterocycles. The first-order valence-corrected chi connectivity index (χ1v) is 7.41. The average Bonchev–Trinajstić information content (AvgIpc) is 2.46. The van der Waals surface area contributed by atoms with Gasteiger partial charge in [0.1, 0.15) is 5.82 Å². The normalized spacial score (nSPS) is 16.6. The van der Waals surface area contributed by atoms with Crippen LogP contribution in [0.5, 0.6) is 0 Å². The number of fused-ring (bicyclic) bond motifs is 1. The molecule has 1 aliphatic heterocycles. The van der Waals surface area contributed by atoms with E-state index >= 15 is 0 Å². The van der Waals surface area contributed by atoms with Crippen LogP contribution in [0.15, 0.2) is 30.5 Å². The minimum atomic E-state index is 0.171. The molecular weight excluding hydrogens is 246 g/mol. The number of pyridine rings is 1. The summed E-state index contributed by atoms with van der Waals surface area (Å²) in [5, 5.41) is 5.96. The summed E-state index contributed by atoms with van der Waals surface area (Å²) in [7, 11) is 0. The van der Waals surface area contributed by atoms with Crippen molar-refractivity contribution >= 4 is 16.6 Å². The Morgan fingerprint density at radius 1 is 1.10 bits per heavy atom. The van der Waals surface area contributed by atoms with E-state index in [2.05, 4.69) is 60.2 Å². The van der Waals surface area contributed by atoms with Crippen LogP contribution < -0.4 is 10.2 Å². The highest BCUT2D eigenvalue weighted by molar-refractivity contribution is 5.92. The van der Waals surface area contributed by atoms with Crippen molar-refractivity contribution in [3.8, 4) is 0 Å². The highest BCUT2D eigenvalue weighted by Crippen LogP contribution is 2.30. The van der Waals surface area contributed by atoms with Crippen LogP contribution in [0.25, 0.3) is 10.8 Å². The molecule has 1 aromatic heterocycles.